The minimum absolute atomic E-state index is 0.0348. The molecule has 4 aromatic rings. The van der Waals surface area contributed by atoms with E-state index in [-0.39, 0.29) is 22.0 Å². The Kier molecular flexibility index (Phi) is 4.94. The van der Waals surface area contributed by atoms with Crippen molar-refractivity contribution in [3.05, 3.63) is 81.8 Å². The normalized spacial score (nSPS) is 10.8. The molecule has 0 radical (unpaired) electrons. The van der Waals surface area contributed by atoms with E-state index >= 15 is 0 Å². The third-order valence-corrected chi connectivity index (χ3v) is 5.08. The number of hydrogen-bond donors (Lipinski definition) is 1. The fourth-order valence-corrected chi connectivity index (χ4v) is 3.51. The molecule has 0 atom stereocenters. The van der Waals surface area contributed by atoms with Gasteiger partial charge in [-0.3, -0.25) is 4.79 Å². The molecule has 0 saturated carbocycles. The van der Waals surface area contributed by atoms with E-state index in [1.54, 1.807) is 0 Å². The summed E-state index contributed by atoms with van der Waals surface area (Å²) in [5.41, 5.74) is 2.53. The van der Waals surface area contributed by atoms with Crippen LogP contribution in [-0.2, 0) is 0 Å². The standard InChI is InChI=1S/C22H15ClFN5O/c1-12-5-3-6-15-13(2)9-18(27-20(12)15)29-21(14(10-25)11-26-29)28-22(30)19-16(23)7-4-8-17(19)24/h3-9,11H,1-2H3,(H,28,30). The van der Waals surface area contributed by atoms with Gasteiger partial charge in [-0.15, -0.1) is 0 Å². The molecule has 2 heterocycles. The molecule has 8 heteroatoms. The van der Waals surface area contributed by atoms with E-state index in [0.29, 0.717) is 5.82 Å². The number of carbonyl (C=O) groups excluding carboxylic acids is 1. The summed E-state index contributed by atoms with van der Waals surface area (Å²) in [5, 5.41) is 17.2. The second-order valence-corrected chi connectivity index (χ2v) is 7.16. The molecule has 0 aliphatic heterocycles. The van der Waals surface area contributed by atoms with Gasteiger partial charge in [-0.25, -0.2) is 9.37 Å². The molecule has 30 heavy (non-hydrogen) atoms. The van der Waals surface area contributed by atoms with Crippen LogP contribution in [0, 0.1) is 31.0 Å². The van der Waals surface area contributed by atoms with E-state index in [1.165, 1.54) is 23.0 Å². The zero-order chi connectivity index (χ0) is 21.4. The van der Waals surface area contributed by atoms with Crippen molar-refractivity contribution in [1.82, 2.24) is 14.8 Å². The predicted octanol–water partition coefficient (Wildman–Crippen LogP) is 4.95. The Hall–Kier alpha value is -3.76. The number of halogens is 2. The van der Waals surface area contributed by atoms with Crippen LogP contribution in [0.15, 0.2) is 48.7 Å². The van der Waals surface area contributed by atoms with Crippen LogP contribution in [0.5, 0.6) is 0 Å². The van der Waals surface area contributed by atoms with Crippen LogP contribution in [0.2, 0.25) is 5.02 Å². The number of benzene rings is 2. The first kappa shape index (κ1) is 19.6. The molecular weight excluding hydrogens is 405 g/mol. The molecule has 2 aromatic heterocycles. The Morgan fingerprint density at radius 3 is 2.70 bits per heavy atom. The highest BCUT2D eigenvalue weighted by Crippen LogP contribution is 2.26. The smallest absolute Gasteiger partial charge is 0.261 e. The highest BCUT2D eigenvalue weighted by molar-refractivity contribution is 6.34. The molecule has 0 fully saturated rings. The van der Waals surface area contributed by atoms with Gasteiger partial charge >= 0.3 is 0 Å². The Morgan fingerprint density at radius 1 is 1.20 bits per heavy atom. The second kappa shape index (κ2) is 7.58. The monoisotopic (exact) mass is 419 g/mol. The number of carbonyl (C=O) groups is 1. The summed E-state index contributed by atoms with van der Waals surface area (Å²) >= 11 is 6.00. The van der Waals surface area contributed by atoms with Crippen LogP contribution < -0.4 is 5.32 Å². The number of hydrogen-bond acceptors (Lipinski definition) is 4. The molecule has 0 aliphatic carbocycles. The van der Waals surface area contributed by atoms with Gasteiger partial charge < -0.3 is 5.32 Å². The van der Waals surface area contributed by atoms with E-state index in [1.807, 2.05) is 44.2 Å². The maximum absolute atomic E-state index is 14.2. The highest BCUT2D eigenvalue weighted by atomic mass is 35.5. The number of rotatable bonds is 3. The molecule has 0 spiro atoms. The lowest BCUT2D eigenvalue weighted by Crippen LogP contribution is -2.18. The van der Waals surface area contributed by atoms with Gasteiger partial charge in [0.15, 0.2) is 11.6 Å². The average molecular weight is 420 g/mol. The molecular formula is C22H15ClFN5O. The van der Waals surface area contributed by atoms with Gasteiger partial charge in [0.1, 0.15) is 17.4 Å². The summed E-state index contributed by atoms with van der Waals surface area (Å²) in [7, 11) is 0. The topological polar surface area (TPSA) is 83.6 Å². The fraction of sp³-hybridized carbons (Fsp3) is 0.0909. The first-order valence-corrected chi connectivity index (χ1v) is 9.39. The van der Waals surface area contributed by atoms with Crippen LogP contribution in [0.3, 0.4) is 0 Å². The maximum Gasteiger partial charge on any atom is 0.261 e. The number of amides is 1. The molecule has 0 bridgehead atoms. The van der Waals surface area contributed by atoms with Gasteiger partial charge in [0.2, 0.25) is 0 Å². The van der Waals surface area contributed by atoms with E-state index < -0.39 is 11.7 Å². The lowest BCUT2D eigenvalue weighted by molar-refractivity contribution is 0.102. The van der Waals surface area contributed by atoms with Gasteiger partial charge in [0.05, 0.1) is 22.3 Å². The third-order valence-electron chi connectivity index (χ3n) is 4.76. The molecule has 1 amide bonds. The minimum Gasteiger partial charge on any atom is -0.305 e. The number of pyridine rings is 1. The van der Waals surface area contributed by atoms with Gasteiger partial charge in [-0.2, -0.15) is 15.0 Å². The van der Waals surface area contributed by atoms with Crippen molar-refractivity contribution in [3.63, 3.8) is 0 Å². The zero-order valence-corrected chi connectivity index (χ0v) is 16.8. The summed E-state index contributed by atoms with van der Waals surface area (Å²) < 4.78 is 15.5. The number of anilines is 1. The van der Waals surface area contributed by atoms with E-state index in [0.717, 1.165) is 28.1 Å². The molecule has 0 aliphatic rings. The second-order valence-electron chi connectivity index (χ2n) is 6.75. The molecule has 1 N–H and O–H groups in total. The highest BCUT2D eigenvalue weighted by Gasteiger charge is 2.21. The van der Waals surface area contributed by atoms with Crippen molar-refractivity contribution >= 4 is 34.2 Å². The van der Waals surface area contributed by atoms with Crippen LogP contribution in [0.1, 0.15) is 27.0 Å². The lowest BCUT2D eigenvalue weighted by Gasteiger charge is -2.12. The Morgan fingerprint density at radius 2 is 1.97 bits per heavy atom. The summed E-state index contributed by atoms with van der Waals surface area (Å²) in [6.07, 6.45) is 1.32. The molecule has 2 aromatic carbocycles. The van der Waals surface area contributed by atoms with E-state index in [2.05, 4.69) is 15.4 Å². The van der Waals surface area contributed by atoms with Crippen LogP contribution in [0.4, 0.5) is 10.2 Å². The number of fused-ring (bicyclic) bond motifs is 1. The van der Waals surface area contributed by atoms with Crippen molar-refractivity contribution in [2.75, 3.05) is 5.32 Å². The largest absolute Gasteiger partial charge is 0.305 e. The number of para-hydroxylation sites is 1. The fourth-order valence-electron chi connectivity index (χ4n) is 3.26. The number of nitrogens with one attached hydrogen (secondary N) is 1. The Labute approximate surface area is 176 Å². The summed E-state index contributed by atoms with van der Waals surface area (Å²) in [6.45, 7) is 3.89. The van der Waals surface area contributed by atoms with Gasteiger partial charge in [-0.1, -0.05) is 35.9 Å². The van der Waals surface area contributed by atoms with Gasteiger partial charge in [0, 0.05) is 5.39 Å². The SMILES string of the molecule is Cc1cc(-n2ncc(C#N)c2NC(=O)c2c(F)cccc2Cl)nc2c(C)cccc12. The van der Waals surface area contributed by atoms with Crippen LogP contribution in [0.25, 0.3) is 16.7 Å². The predicted molar refractivity (Wildman–Crippen MR) is 112 cm³/mol. The zero-order valence-electron chi connectivity index (χ0n) is 16.1. The van der Waals surface area contributed by atoms with Crippen molar-refractivity contribution in [2.45, 2.75) is 13.8 Å². The molecule has 0 saturated heterocycles. The van der Waals surface area contributed by atoms with Crippen molar-refractivity contribution < 1.29 is 9.18 Å². The first-order valence-electron chi connectivity index (χ1n) is 9.01. The van der Waals surface area contributed by atoms with Crippen LogP contribution >= 0.6 is 11.6 Å². The van der Waals surface area contributed by atoms with Crippen molar-refractivity contribution in [3.8, 4) is 11.9 Å². The van der Waals surface area contributed by atoms with E-state index in [9.17, 15) is 14.4 Å². The lowest BCUT2D eigenvalue weighted by atomic mass is 10.1. The quantitative estimate of drug-likeness (QED) is 0.509. The summed E-state index contributed by atoms with van der Waals surface area (Å²) in [6, 6.07) is 13.6. The molecule has 148 valence electrons. The van der Waals surface area contributed by atoms with Gasteiger partial charge in [-0.05, 0) is 43.2 Å². The molecule has 4 rings (SSSR count). The number of aromatic nitrogens is 3. The van der Waals surface area contributed by atoms with Crippen molar-refractivity contribution in [1.29, 1.82) is 5.26 Å². The average Bonchev–Trinajstić information content (AvgIpc) is 3.11. The first-order chi connectivity index (χ1) is 14.4. The van der Waals surface area contributed by atoms with E-state index in [4.69, 9.17) is 11.6 Å². The Bertz CT molecular complexity index is 1340. The number of nitriles is 1. The summed E-state index contributed by atoms with van der Waals surface area (Å²) in [4.78, 5) is 17.4. The maximum atomic E-state index is 14.2. The molecule has 0 unspecified atom stereocenters. The van der Waals surface area contributed by atoms with Crippen LogP contribution in [-0.4, -0.2) is 20.7 Å². The minimum atomic E-state index is -0.787. The summed E-state index contributed by atoms with van der Waals surface area (Å²) in [5.74, 6) is -1.04. The third kappa shape index (κ3) is 3.27. The number of nitrogens with zero attached hydrogens (tertiary/aromatic N) is 4. The van der Waals surface area contributed by atoms with Crippen molar-refractivity contribution in [2.24, 2.45) is 0 Å². The molecule has 6 nitrogen and oxygen atoms in total. The Balaban J connectivity index is 1.84. The number of aryl methyl sites for hydroxylation is 2. The van der Waals surface area contributed by atoms with Gasteiger partial charge in [0.25, 0.3) is 5.91 Å².